The van der Waals surface area contributed by atoms with Crippen LogP contribution in [0, 0.1) is 11.8 Å². The summed E-state index contributed by atoms with van der Waals surface area (Å²) < 4.78 is 23.6. The first kappa shape index (κ1) is 15.3. The Bertz CT molecular complexity index is 790. The van der Waals surface area contributed by atoms with Crippen molar-refractivity contribution in [3.8, 4) is 0 Å². The number of rotatable bonds is 2. The van der Waals surface area contributed by atoms with Crippen molar-refractivity contribution in [3.63, 3.8) is 0 Å². The fraction of sp³-hybridized carbons (Fsp3) is 0.455. The van der Waals surface area contributed by atoms with Gasteiger partial charge in [0.2, 0.25) is 0 Å². The number of hydrogen-bond donors (Lipinski definition) is 0. The van der Waals surface area contributed by atoms with Crippen molar-refractivity contribution in [2.45, 2.75) is 38.6 Å². The largest absolute Gasteiger partial charge is 0.373 e. The number of ether oxygens (including phenoxy) is 4. The Morgan fingerprint density at radius 2 is 1.04 bits per heavy atom. The summed E-state index contributed by atoms with van der Waals surface area (Å²) in [4.78, 5) is 0. The van der Waals surface area contributed by atoms with Crippen molar-refractivity contribution in [1.82, 2.24) is 0 Å². The van der Waals surface area contributed by atoms with Crippen molar-refractivity contribution in [1.29, 1.82) is 0 Å². The van der Waals surface area contributed by atoms with E-state index in [0.29, 0.717) is 11.8 Å². The highest BCUT2D eigenvalue weighted by Gasteiger charge is 2.48. The van der Waals surface area contributed by atoms with E-state index in [1.165, 1.54) is 33.4 Å². The summed E-state index contributed by atoms with van der Waals surface area (Å²) in [6.45, 7) is 4.45. The average molecular weight is 350 g/mol. The second-order valence-electron chi connectivity index (χ2n) is 7.88. The smallest absolute Gasteiger partial charge is 0.0879 e. The minimum atomic E-state index is 0.133. The van der Waals surface area contributed by atoms with Crippen LogP contribution >= 0.6 is 0 Å². The summed E-state index contributed by atoms with van der Waals surface area (Å²) in [5, 5.41) is 0. The number of hydrogen-bond acceptors (Lipinski definition) is 4. The first-order valence-electron chi connectivity index (χ1n) is 9.49. The fourth-order valence-corrected chi connectivity index (χ4v) is 4.97. The summed E-state index contributed by atoms with van der Waals surface area (Å²) in [6, 6.07) is 13.4. The van der Waals surface area contributed by atoms with E-state index < -0.39 is 0 Å². The number of benzene rings is 2. The van der Waals surface area contributed by atoms with Gasteiger partial charge in [-0.15, -0.1) is 0 Å². The van der Waals surface area contributed by atoms with E-state index in [0.717, 1.165) is 39.6 Å². The molecule has 0 bridgehead atoms. The summed E-state index contributed by atoms with van der Waals surface area (Å²) in [6.07, 6.45) is 0.266. The molecule has 4 heterocycles. The van der Waals surface area contributed by atoms with Crippen LogP contribution in [0.25, 0.3) is 0 Å². The lowest BCUT2D eigenvalue weighted by molar-refractivity contribution is 0.0192. The summed E-state index contributed by atoms with van der Waals surface area (Å²) >= 11 is 0. The van der Waals surface area contributed by atoms with Crippen LogP contribution in [-0.2, 0) is 45.4 Å². The standard InChI is InChI=1S/C22H22O4/c1-3-15-7-23-9-17(15)5-13(1)21-19-11-26-22(20(19)12-25-21)14-2-4-16-8-24-10-18(16)6-14/h1-6,19-22H,7-12H2/t19-,20-,21+,22+/m0/s1. The van der Waals surface area contributed by atoms with Gasteiger partial charge in [-0.25, -0.2) is 0 Å². The molecule has 6 rings (SSSR count). The fourth-order valence-electron chi connectivity index (χ4n) is 4.97. The molecule has 4 atom stereocenters. The van der Waals surface area contributed by atoms with E-state index in [1.807, 2.05) is 0 Å². The molecule has 4 nitrogen and oxygen atoms in total. The van der Waals surface area contributed by atoms with Gasteiger partial charge in [0.1, 0.15) is 0 Å². The van der Waals surface area contributed by atoms with Gasteiger partial charge in [-0.05, 0) is 33.4 Å². The molecule has 0 amide bonds. The van der Waals surface area contributed by atoms with Crippen LogP contribution in [0.4, 0.5) is 0 Å². The van der Waals surface area contributed by atoms with Crippen molar-refractivity contribution in [3.05, 3.63) is 69.8 Å². The molecule has 4 heteroatoms. The van der Waals surface area contributed by atoms with Gasteiger partial charge in [-0.2, -0.15) is 0 Å². The van der Waals surface area contributed by atoms with Gasteiger partial charge in [0.25, 0.3) is 0 Å². The zero-order chi connectivity index (χ0) is 17.1. The molecule has 26 heavy (non-hydrogen) atoms. The molecule has 0 spiro atoms. The maximum absolute atomic E-state index is 6.26. The van der Waals surface area contributed by atoms with E-state index in [1.54, 1.807) is 0 Å². The molecule has 134 valence electrons. The minimum absolute atomic E-state index is 0.133. The van der Waals surface area contributed by atoms with Gasteiger partial charge >= 0.3 is 0 Å². The minimum Gasteiger partial charge on any atom is -0.373 e. The Balaban J connectivity index is 1.27. The molecule has 0 aliphatic carbocycles. The van der Waals surface area contributed by atoms with E-state index in [4.69, 9.17) is 18.9 Å². The highest BCUT2D eigenvalue weighted by molar-refractivity contribution is 5.37. The molecule has 2 aromatic rings. The molecule has 0 saturated carbocycles. The quantitative estimate of drug-likeness (QED) is 0.825. The predicted octanol–water partition coefficient (Wildman–Crippen LogP) is 3.82. The SMILES string of the molecule is c1cc2c(cc1[C@H]1OC[C@H]3[C@@H]1CO[C@@H]3c1ccc3c(c1)COC3)COC2. The van der Waals surface area contributed by atoms with Crippen molar-refractivity contribution in [2.75, 3.05) is 13.2 Å². The highest BCUT2D eigenvalue weighted by atomic mass is 16.5. The molecule has 0 unspecified atom stereocenters. The zero-order valence-electron chi connectivity index (χ0n) is 14.6. The summed E-state index contributed by atoms with van der Waals surface area (Å²) in [5.41, 5.74) is 7.78. The Morgan fingerprint density at radius 3 is 1.54 bits per heavy atom. The molecular formula is C22H22O4. The summed E-state index contributed by atoms with van der Waals surface area (Å²) in [7, 11) is 0. The lowest BCUT2D eigenvalue weighted by Gasteiger charge is -2.17. The van der Waals surface area contributed by atoms with Crippen LogP contribution in [0.3, 0.4) is 0 Å². The molecule has 2 fully saturated rings. The van der Waals surface area contributed by atoms with Gasteiger partial charge in [-0.1, -0.05) is 36.4 Å². The maximum Gasteiger partial charge on any atom is 0.0879 e. The van der Waals surface area contributed by atoms with Gasteiger partial charge in [0.15, 0.2) is 0 Å². The van der Waals surface area contributed by atoms with E-state index in [9.17, 15) is 0 Å². The Morgan fingerprint density at radius 1 is 0.577 bits per heavy atom. The van der Waals surface area contributed by atoms with Crippen molar-refractivity contribution in [2.24, 2.45) is 11.8 Å². The maximum atomic E-state index is 6.26. The first-order chi connectivity index (χ1) is 12.9. The van der Waals surface area contributed by atoms with Crippen LogP contribution in [0.5, 0.6) is 0 Å². The van der Waals surface area contributed by atoms with Crippen molar-refractivity contribution < 1.29 is 18.9 Å². The van der Waals surface area contributed by atoms with E-state index in [2.05, 4.69) is 36.4 Å². The van der Waals surface area contributed by atoms with Crippen molar-refractivity contribution >= 4 is 0 Å². The highest BCUT2D eigenvalue weighted by Crippen LogP contribution is 2.50. The van der Waals surface area contributed by atoms with Gasteiger partial charge < -0.3 is 18.9 Å². The molecule has 4 aliphatic rings. The molecule has 2 saturated heterocycles. The Hall–Kier alpha value is -1.72. The third kappa shape index (κ3) is 2.30. The second-order valence-corrected chi connectivity index (χ2v) is 7.88. The molecule has 0 aromatic heterocycles. The average Bonchev–Trinajstić information content (AvgIpc) is 3.42. The third-order valence-corrected chi connectivity index (χ3v) is 6.41. The van der Waals surface area contributed by atoms with Gasteiger partial charge in [0.05, 0.1) is 51.8 Å². The number of fused-ring (bicyclic) bond motifs is 3. The van der Waals surface area contributed by atoms with Gasteiger partial charge in [-0.3, -0.25) is 0 Å². The van der Waals surface area contributed by atoms with Crippen LogP contribution in [-0.4, -0.2) is 13.2 Å². The topological polar surface area (TPSA) is 36.9 Å². The lowest BCUT2D eigenvalue weighted by Crippen LogP contribution is -2.15. The molecule has 0 N–H and O–H groups in total. The normalized spacial score (nSPS) is 31.8. The predicted molar refractivity (Wildman–Crippen MR) is 94.2 cm³/mol. The lowest BCUT2D eigenvalue weighted by atomic mass is 9.84. The Kier molecular flexibility index (Phi) is 3.48. The first-order valence-corrected chi connectivity index (χ1v) is 9.49. The molecule has 4 aliphatic heterocycles. The Labute approximate surface area is 153 Å². The van der Waals surface area contributed by atoms with Crippen LogP contribution < -0.4 is 0 Å². The second kappa shape index (κ2) is 5.89. The van der Waals surface area contributed by atoms with E-state index in [-0.39, 0.29) is 12.2 Å². The zero-order valence-corrected chi connectivity index (χ0v) is 14.6. The molecule has 2 aromatic carbocycles. The monoisotopic (exact) mass is 350 g/mol. The molecule has 0 radical (unpaired) electrons. The van der Waals surface area contributed by atoms with Crippen LogP contribution in [0.15, 0.2) is 36.4 Å². The third-order valence-electron chi connectivity index (χ3n) is 6.41. The summed E-state index contributed by atoms with van der Waals surface area (Å²) in [5.74, 6) is 0.842. The van der Waals surface area contributed by atoms with E-state index >= 15 is 0 Å². The van der Waals surface area contributed by atoms with Crippen LogP contribution in [0.2, 0.25) is 0 Å². The molecular weight excluding hydrogens is 328 g/mol. The van der Waals surface area contributed by atoms with Crippen LogP contribution in [0.1, 0.15) is 45.6 Å². The van der Waals surface area contributed by atoms with Gasteiger partial charge in [0, 0.05) is 11.8 Å².